The van der Waals surface area contributed by atoms with Crippen LogP contribution in [-0.4, -0.2) is 80.8 Å². The molecule has 3 rings (SSSR count). The predicted octanol–water partition coefficient (Wildman–Crippen LogP) is 3.10. The Morgan fingerprint density at radius 1 is 1.10 bits per heavy atom. The second-order valence-corrected chi connectivity index (χ2v) is 8.80. The fourth-order valence-corrected chi connectivity index (χ4v) is 4.24. The molecule has 0 bridgehead atoms. The van der Waals surface area contributed by atoms with Crippen LogP contribution in [0.25, 0.3) is 0 Å². The largest absolute Gasteiger partial charge is 0.379 e. The third kappa shape index (κ3) is 9.24. The average molecular weight is 544 g/mol. The molecule has 2 aliphatic rings. The van der Waals surface area contributed by atoms with Gasteiger partial charge < -0.3 is 15.4 Å². The minimum Gasteiger partial charge on any atom is -0.379 e. The fraction of sp³-hybridized carbons (Fsp3) is 0.708. The van der Waals surface area contributed by atoms with Crippen molar-refractivity contribution in [3.63, 3.8) is 0 Å². The summed E-state index contributed by atoms with van der Waals surface area (Å²) >= 11 is 0. The van der Waals surface area contributed by atoms with Crippen molar-refractivity contribution in [3.05, 3.63) is 35.4 Å². The lowest BCUT2D eigenvalue weighted by Crippen LogP contribution is -2.45. The van der Waals surface area contributed by atoms with Crippen LogP contribution >= 0.6 is 24.0 Å². The molecular formula is C24H42IN5O. The highest BCUT2D eigenvalue weighted by Crippen LogP contribution is 2.18. The van der Waals surface area contributed by atoms with Crippen molar-refractivity contribution in [2.45, 2.75) is 46.2 Å². The van der Waals surface area contributed by atoms with Crippen LogP contribution in [0, 0.1) is 12.8 Å². The number of rotatable bonds is 8. The SMILES string of the molecule is CCNC(=NCC(C)N1CCOCC1)NCC1CCN(Cc2ccc(C)cc2)CC1.I. The Labute approximate surface area is 206 Å². The molecule has 1 aromatic carbocycles. The summed E-state index contributed by atoms with van der Waals surface area (Å²) < 4.78 is 5.46. The van der Waals surface area contributed by atoms with Gasteiger partial charge in [0, 0.05) is 38.8 Å². The van der Waals surface area contributed by atoms with Crippen molar-refractivity contribution < 1.29 is 4.74 Å². The van der Waals surface area contributed by atoms with E-state index in [1.165, 1.54) is 37.1 Å². The summed E-state index contributed by atoms with van der Waals surface area (Å²) in [6, 6.07) is 9.41. The monoisotopic (exact) mass is 543 g/mol. The van der Waals surface area contributed by atoms with Gasteiger partial charge >= 0.3 is 0 Å². The van der Waals surface area contributed by atoms with Gasteiger partial charge in [0.2, 0.25) is 0 Å². The molecule has 0 amide bonds. The minimum atomic E-state index is 0. The first-order valence-electron chi connectivity index (χ1n) is 11.8. The van der Waals surface area contributed by atoms with Gasteiger partial charge in [-0.15, -0.1) is 24.0 Å². The number of piperidine rings is 1. The highest BCUT2D eigenvalue weighted by atomic mass is 127. The molecule has 2 heterocycles. The normalized spacial score (nSPS) is 20.2. The molecule has 2 aliphatic heterocycles. The molecule has 7 heteroatoms. The van der Waals surface area contributed by atoms with Gasteiger partial charge in [0.1, 0.15) is 0 Å². The Kier molecular flexibility index (Phi) is 12.1. The van der Waals surface area contributed by atoms with Gasteiger partial charge in [0.15, 0.2) is 5.96 Å². The number of nitrogens with zero attached hydrogens (tertiary/aromatic N) is 3. The van der Waals surface area contributed by atoms with E-state index in [0.29, 0.717) is 6.04 Å². The number of halogens is 1. The van der Waals surface area contributed by atoms with Crippen LogP contribution in [0.4, 0.5) is 0 Å². The van der Waals surface area contributed by atoms with Crippen LogP contribution in [0.5, 0.6) is 0 Å². The van der Waals surface area contributed by atoms with Crippen molar-refractivity contribution in [1.29, 1.82) is 0 Å². The molecule has 2 saturated heterocycles. The van der Waals surface area contributed by atoms with Gasteiger partial charge in [0.25, 0.3) is 0 Å². The van der Waals surface area contributed by atoms with Gasteiger partial charge in [-0.2, -0.15) is 0 Å². The summed E-state index contributed by atoms with van der Waals surface area (Å²) in [4.78, 5) is 9.91. The Bertz CT molecular complexity index is 640. The van der Waals surface area contributed by atoms with E-state index < -0.39 is 0 Å². The van der Waals surface area contributed by atoms with Crippen LogP contribution in [0.2, 0.25) is 0 Å². The molecule has 31 heavy (non-hydrogen) atoms. The van der Waals surface area contributed by atoms with Crippen molar-refractivity contribution in [3.8, 4) is 0 Å². The predicted molar refractivity (Wildman–Crippen MR) is 140 cm³/mol. The lowest BCUT2D eigenvalue weighted by atomic mass is 9.96. The van der Waals surface area contributed by atoms with Gasteiger partial charge in [-0.05, 0) is 58.2 Å². The number of likely N-dealkylation sites (tertiary alicyclic amines) is 1. The molecule has 0 radical (unpaired) electrons. The van der Waals surface area contributed by atoms with Gasteiger partial charge in [0.05, 0.1) is 19.8 Å². The van der Waals surface area contributed by atoms with E-state index in [-0.39, 0.29) is 24.0 Å². The van der Waals surface area contributed by atoms with Gasteiger partial charge in [-0.3, -0.25) is 14.8 Å². The third-order valence-corrected chi connectivity index (χ3v) is 6.32. The summed E-state index contributed by atoms with van der Waals surface area (Å²) in [5.74, 6) is 1.68. The second kappa shape index (κ2) is 14.3. The van der Waals surface area contributed by atoms with Crippen LogP contribution in [0.1, 0.15) is 37.8 Å². The van der Waals surface area contributed by atoms with E-state index in [1.54, 1.807) is 0 Å². The molecule has 0 saturated carbocycles. The zero-order valence-corrected chi connectivity index (χ0v) is 21.9. The maximum absolute atomic E-state index is 5.46. The van der Waals surface area contributed by atoms with E-state index in [9.17, 15) is 0 Å². The lowest BCUT2D eigenvalue weighted by molar-refractivity contribution is 0.0220. The Hall–Kier alpha value is -0.900. The van der Waals surface area contributed by atoms with Crippen LogP contribution < -0.4 is 10.6 Å². The van der Waals surface area contributed by atoms with E-state index in [1.807, 2.05) is 0 Å². The molecule has 1 unspecified atom stereocenters. The highest BCUT2D eigenvalue weighted by Gasteiger charge is 2.20. The number of benzene rings is 1. The Morgan fingerprint density at radius 3 is 2.42 bits per heavy atom. The number of nitrogens with one attached hydrogen (secondary N) is 2. The number of hydrogen-bond acceptors (Lipinski definition) is 4. The summed E-state index contributed by atoms with van der Waals surface area (Å²) in [5.41, 5.74) is 2.76. The van der Waals surface area contributed by atoms with Crippen LogP contribution in [0.3, 0.4) is 0 Å². The van der Waals surface area contributed by atoms with E-state index in [2.05, 4.69) is 65.5 Å². The first kappa shape index (κ1) is 26.4. The lowest BCUT2D eigenvalue weighted by Gasteiger charge is -2.32. The molecule has 0 aliphatic carbocycles. The number of ether oxygens (including phenoxy) is 1. The first-order valence-corrected chi connectivity index (χ1v) is 11.8. The number of aryl methyl sites for hydroxylation is 1. The molecule has 1 atom stereocenters. The Balaban J connectivity index is 0.00000341. The summed E-state index contributed by atoms with van der Waals surface area (Å²) in [6.45, 7) is 16.4. The van der Waals surface area contributed by atoms with Gasteiger partial charge in [-0.25, -0.2) is 0 Å². The zero-order chi connectivity index (χ0) is 21.2. The molecule has 2 N–H and O–H groups in total. The van der Waals surface area contributed by atoms with E-state index in [4.69, 9.17) is 9.73 Å². The molecular weight excluding hydrogens is 501 g/mol. The van der Waals surface area contributed by atoms with Crippen LogP contribution in [0.15, 0.2) is 29.3 Å². The summed E-state index contributed by atoms with van der Waals surface area (Å²) in [7, 11) is 0. The van der Waals surface area contributed by atoms with E-state index >= 15 is 0 Å². The molecule has 2 fully saturated rings. The highest BCUT2D eigenvalue weighted by molar-refractivity contribution is 14.0. The fourth-order valence-electron chi connectivity index (χ4n) is 4.24. The smallest absolute Gasteiger partial charge is 0.191 e. The number of morpholine rings is 1. The maximum atomic E-state index is 5.46. The van der Waals surface area contributed by atoms with Crippen molar-refractivity contribution >= 4 is 29.9 Å². The standard InChI is InChI=1S/C24H41N5O.HI/c1-4-25-24(26-17-21(3)29-13-15-30-16-14-29)27-18-22-9-11-28(12-10-22)19-23-7-5-20(2)6-8-23;/h5-8,21-22H,4,9-19H2,1-3H3,(H2,25,26,27);1H. The maximum Gasteiger partial charge on any atom is 0.191 e. The molecule has 6 nitrogen and oxygen atoms in total. The topological polar surface area (TPSA) is 52.1 Å². The molecule has 176 valence electrons. The number of aliphatic imine (C=N–C) groups is 1. The first-order chi connectivity index (χ1) is 14.6. The molecule has 0 aromatic heterocycles. The van der Waals surface area contributed by atoms with Crippen molar-refractivity contribution in [2.75, 3.05) is 59.0 Å². The van der Waals surface area contributed by atoms with E-state index in [0.717, 1.165) is 64.4 Å². The second-order valence-electron chi connectivity index (χ2n) is 8.80. The molecule has 0 spiro atoms. The van der Waals surface area contributed by atoms with Crippen molar-refractivity contribution in [2.24, 2.45) is 10.9 Å². The average Bonchev–Trinajstić information content (AvgIpc) is 2.78. The molecule has 1 aromatic rings. The Morgan fingerprint density at radius 2 is 1.77 bits per heavy atom. The zero-order valence-electron chi connectivity index (χ0n) is 19.6. The van der Waals surface area contributed by atoms with Crippen molar-refractivity contribution in [1.82, 2.24) is 20.4 Å². The number of hydrogen-bond donors (Lipinski definition) is 2. The summed E-state index contributed by atoms with van der Waals surface area (Å²) in [5, 5.41) is 7.01. The number of guanidine groups is 1. The minimum absolute atomic E-state index is 0. The van der Waals surface area contributed by atoms with Gasteiger partial charge in [-0.1, -0.05) is 29.8 Å². The van der Waals surface area contributed by atoms with Crippen LogP contribution in [-0.2, 0) is 11.3 Å². The quantitative estimate of drug-likeness (QED) is 0.300. The third-order valence-electron chi connectivity index (χ3n) is 6.32. The summed E-state index contributed by atoms with van der Waals surface area (Å²) in [6.07, 6.45) is 2.50.